The summed E-state index contributed by atoms with van der Waals surface area (Å²) in [6.45, 7) is 4.66. The molecule has 2 saturated heterocycles. The Balaban J connectivity index is 0.00000220. The minimum absolute atomic E-state index is 0. The minimum atomic E-state index is -3.36. The molecular formula is C29H44Cl2N4O4S. The number of sulfonamides is 1. The Morgan fingerprint density at radius 3 is 2.30 bits per heavy atom. The molecule has 8 nitrogen and oxygen atoms in total. The lowest BCUT2D eigenvalue weighted by Gasteiger charge is -2.29. The monoisotopic (exact) mass is 614 g/mol. The van der Waals surface area contributed by atoms with Gasteiger partial charge >= 0.3 is 0 Å². The van der Waals surface area contributed by atoms with Gasteiger partial charge in [0.25, 0.3) is 0 Å². The first kappa shape index (κ1) is 32.7. The zero-order chi connectivity index (χ0) is 26.5. The predicted molar refractivity (Wildman–Crippen MR) is 165 cm³/mol. The maximum absolute atomic E-state index is 13.0. The summed E-state index contributed by atoms with van der Waals surface area (Å²) in [5.41, 5.74) is 3.44. The second kappa shape index (κ2) is 14.9. The topological polar surface area (TPSA) is 84.9 Å². The van der Waals surface area contributed by atoms with Gasteiger partial charge in [-0.1, -0.05) is 25.8 Å². The van der Waals surface area contributed by atoms with Crippen molar-refractivity contribution in [1.82, 2.24) is 15.1 Å². The molecule has 3 fully saturated rings. The molecule has 0 N–H and O–H groups in total. The van der Waals surface area contributed by atoms with Crippen LogP contribution in [0.15, 0.2) is 24.3 Å². The molecular weight excluding hydrogens is 571 g/mol. The van der Waals surface area contributed by atoms with Gasteiger partial charge < -0.3 is 14.4 Å². The van der Waals surface area contributed by atoms with E-state index in [2.05, 4.69) is 29.1 Å². The molecule has 0 bridgehead atoms. The van der Waals surface area contributed by atoms with Gasteiger partial charge in [0.05, 0.1) is 23.2 Å². The zero-order valence-corrected chi connectivity index (χ0v) is 26.2. The van der Waals surface area contributed by atoms with Crippen LogP contribution < -0.4 is 13.8 Å². The van der Waals surface area contributed by atoms with Crippen LogP contribution in [-0.4, -0.2) is 68.2 Å². The van der Waals surface area contributed by atoms with Crippen LogP contribution in [0.3, 0.4) is 0 Å². The molecule has 0 radical (unpaired) electrons. The van der Waals surface area contributed by atoms with Crippen LogP contribution in [0.2, 0.25) is 0 Å². The van der Waals surface area contributed by atoms with E-state index in [1.807, 2.05) is 24.3 Å². The van der Waals surface area contributed by atoms with Crippen molar-refractivity contribution < 1.29 is 17.9 Å². The van der Waals surface area contributed by atoms with Crippen molar-refractivity contribution >= 4 is 40.5 Å². The summed E-state index contributed by atoms with van der Waals surface area (Å²) in [5, 5.41) is 9.03. The van der Waals surface area contributed by atoms with Crippen molar-refractivity contribution in [3.63, 3.8) is 0 Å². The summed E-state index contributed by atoms with van der Waals surface area (Å²) in [6, 6.07) is 7.97. The number of likely N-dealkylation sites (tertiary alicyclic amines) is 1. The van der Waals surface area contributed by atoms with Crippen molar-refractivity contribution in [2.24, 2.45) is 0 Å². The van der Waals surface area contributed by atoms with Crippen molar-refractivity contribution in [2.45, 2.75) is 89.8 Å². The first-order valence-corrected chi connectivity index (χ1v) is 16.1. The quantitative estimate of drug-likeness (QED) is 0.339. The van der Waals surface area contributed by atoms with E-state index in [1.54, 1.807) is 4.31 Å². The van der Waals surface area contributed by atoms with Crippen LogP contribution in [0.1, 0.15) is 76.8 Å². The maximum Gasteiger partial charge on any atom is 0.235 e. The fraction of sp³-hybridized carbons (Fsp3) is 0.655. The van der Waals surface area contributed by atoms with E-state index in [1.165, 1.54) is 6.42 Å². The van der Waals surface area contributed by atoms with Crippen LogP contribution in [0.5, 0.6) is 11.6 Å². The van der Waals surface area contributed by atoms with Crippen LogP contribution in [-0.2, 0) is 16.4 Å². The summed E-state index contributed by atoms with van der Waals surface area (Å²) in [7, 11) is -1.23. The number of rotatable bonds is 9. The number of benzene rings is 1. The number of piperidine rings is 1. The maximum atomic E-state index is 13.0. The Morgan fingerprint density at radius 1 is 0.900 bits per heavy atom. The van der Waals surface area contributed by atoms with Crippen LogP contribution in [0.4, 0.5) is 5.69 Å². The average Bonchev–Trinajstić information content (AvgIpc) is 3.28. The molecule has 1 aromatic heterocycles. The lowest BCUT2D eigenvalue weighted by atomic mass is 9.97. The number of aryl methyl sites for hydroxylation is 1. The predicted octanol–water partition coefficient (Wildman–Crippen LogP) is 6.05. The van der Waals surface area contributed by atoms with Crippen molar-refractivity contribution in [3.05, 3.63) is 30.0 Å². The molecule has 2 aromatic rings. The number of aromatic nitrogens is 2. The summed E-state index contributed by atoms with van der Waals surface area (Å²) in [6.07, 6.45) is 11.3. The molecule has 0 spiro atoms. The van der Waals surface area contributed by atoms with Gasteiger partial charge in [-0.25, -0.2) is 8.42 Å². The summed E-state index contributed by atoms with van der Waals surface area (Å²) >= 11 is 0. The highest BCUT2D eigenvalue weighted by Gasteiger charge is 2.32. The van der Waals surface area contributed by atoms with Gasteiger partial charge in [0.1, 0.15) is 11.9 Å². The Labute approximate surface area is 252 Å². The van der Waals surface area contributed by atoms with E-state index in [4.69, 9.17) is 9.47 Å². The molecule has 224 valence electrons. The molecule has 0 amide bonds. The SMILES string of the molecule is CCCCc1nnc(OC2CCN(C)CC2)cc1-c1ccc(OC2CCCCC2)c(N2CCCS2(=O)=O)c1.Cl.Cl. The zero-order valence-electron chi connectivity index (χ0n) is 23.7. The molecule has 40 heavy (non-hydrogen) atoms. The lowest BCUT2D eigenvalue weighted by molar-refractivity contribution is 0.109. The fourth-order valence-corrected chi connectivity index (χ4v) is 7.33. The second-order valence-electron chi connectivity index (χ2n) is 11.1. The number of anilines is 1. The Kier molecular flexibility index (Phi) is 12.2. The highest BCUT2D eigenvalue weighted by molar-refractivity contribution is 7.93. The standard InChI is InChI=1S/C29H42N4O4S.2ClH/c1-3-4-11-26-25(21-29(31-30-26)37-24-14-17-32(2)18-15-24)22-12-13-28(36-23-9-6-5-7-10-23)27(20-22)33-16-8-19-38(33,34)35;;/h12-13,20-21,23-24H,3-11,14-19H2,1-2H3;2*1H. The summed E-state index contributed by atoms with van der Waals surface area (Å²) < 4.78 is 40.2. The van der Waals surface area contributed by atoms with Crippen molar-refractivity contribution in [3.8, 4) is 22.8 Å². The smallest absolute Gasteiger partial charge is 0.235 e. The number of ether oxygens (including phenoxy) is 2. The number of halogens is 2. The van der Waals surface area contributed by atoms with Crippen molar-refractivity contribution in [2.75, 3.05) is 36.7 Å². The molecule has 5 rings (SSSR count). The van der Waals surface area contributed by atoms with E-state index in [9.17, 15) is 8.42 Å². The van der Waals surface area contributed by atoms with E-state index >= 15 is 0 Å². The number of hydrogen-bond acceptors (Lipinski definition) is 7. The number of unbranched alkanes of at least 4 members (excludes halogenated alkanes) is 1. The number of hydrogen-bond donors (Lipinski definition) is 0. The lowest BCUT2D eigenvalue weighted by Crippen LogP contribution is -2.35. The normalized spacial score (nSPS) is 20.0. The third kappa shape index (κ3) is 7.93. The molecule has 1 saturated carbocycles. The van der Waals surface area contributed by atoms with Gasteiger partial charge in [0.15, 0.2) is 0 Å². The van der Waals surface area contributed by atoms with Crippen molar-refractivity contribution in [1.29, 1.82) is 0 Å². The third-order valence-corrected chi connectivity index (χ3v) is 9.91. The number of nitrogens with zero attached hydrogens (tertiary/aromatic N) is 4. The molecule has 0 atom stereocenters. The van der Waals surface area contributed by atoms with Gasteiger partial charge in [-0.05, 0) is 82.5 Å². The second-order valence-corrected chi connectivity index (χ2v) is 13.1. The molecule has 1 aromatic carbocycles. The Morgan fingerprint density at radius 2 is 1.62 bits per heavy atom. The van der Waals surface area contributed by atoms with Gasteiger partial charge in [-0.15, -0.1) is 29.9 Å². The first-order valence-electron chi connectivity index (χ1n) is 14.5. The highest BCUT2D eigenvalue weighted by Crippen LogP contribution is 2.40. The van der Waals surface area contributed by atoms with E-state index in [-0.39, 0.29) is 42.8 Å². The van der Waals surface area contributed by atoms with Crippen LogP contribution in [0, 0.1) is 0 Å². The van der Waals surface area contributed by atoms with Gasteiger partial charge in [-0.2, -0.15) is 5.10 Å². The van der Waals surface area contributed by atoms with Gasteiger partial charge in [0, 0.05) is 31.3 Å². The molecule has 3 heterocycles. The van der Waals surface area contributed by atoms with E-state index in [0.717, 1.165) is 87.7 Å². The first-order chi connectivity index (χ1) is 18.4. The molecule has 3 aliphatic rings. The molecule has 1 aliphatic carbocycles. The third-order valence-electron chi connectivity index (χ3n) is 8.05. The minimum Gasteiger partial charge on any atom is -0.488 e. The summed E-state index contributed by atoms with van der Waals surface area (Å²) in [5.74, 6) is 1.37. The van der Waals surface area contributed by atoms with Crippen LogP contribution >= 0.6 is 24.8 Å². The summed E-state index contributed by atoms with van der Waals surface area (Å²) in [4.78, 5) is 2.32. The fourth-order valence-electron chi connectivity index (χ4n) is 5.76. The molecule has 11 heteroatoms. The Hall–Kier alpha value is -1.81. The van der Waals surface area contributed by atoms with Gasteiger partial charge in [-0.3, -0.25) is 4.31 Å². The van der Waals surface area contributed by atoms with E-state index < -0.39 is 10.0 Å². The van der Waals surface area contributed by atoms with E-state index in [0.29, 0.717) is 30.3 Å². The average molecular weight is 616 g/mol. The largest absolute Gasteiger partial charge is 0.488 e. The van der Waals surface area contributed by atoms with Crippen LogP contribution in [0.25, 0.3) is 11.1 Å². The van der Waals surface area contributed by atoms with Gasteiger partial charge in [0.2, 0.25) is 15.9 Å². The highest BCUT2D eigenvalue weighted by atomic mass is 35.5. The molecule has 0 unspecified atom stereocenters. The molecule has 2 aliphatic heterocycles. The Bertz CT molecular complexity index is 1200.